The lowest BCUT2D eigenvalue weighted by Crippen LogP contribution is -2.47. The highest BCUT2D eigenvalue weighted by molar-refractivity contribution is 5.18. The highest BCUT2D eigenvalue weighted by atomic mass is 16.3. The fourth-order valence-electron chi connectivity index (χ4n) is 2.80. The van der Waals surface area contributed by atoms with Crippen molar-refractivity contribution in [2.75, 3.05) is 14.1 Å². The molecule has 16 heavy (non-hydrogen) atoms. The molecule has 0 amide bonds. The summed E-state index contributed by atoms with van der Waals surface area (Å²) in [6, 6.07) is 3.85. The first-order valence-corrected chi connectivity index (χ1v) is 5.92. The van der Waals surface area contributed by atoms with Crippen LogP contribution in [0.1, 0.15) is 37.4 Å². The number of aliphatic hydroxyl groups excluding tert-OH is 1. The van der Waals surface area contributed by atoms with Crippen molar-refractivity contribution in [1.82, 2.24) is 9.88 Å². The van der Waals surface area contributed by atoms with Gasteiger partial charge in [-0.05, 0) is 33.0 Å². The van der Waals surface area contributed by atoms with Gasteiger partial charge < -0.3 is 10.0 Å². The normalized spacial score (nSPS) is 21.2. The number of likely N-dealkylation sites (N-methyl/N-ethyl adjacent to an activating group) is 1. The summed E-state index contributed by atoms with van der Waals surface area (Å²) in [6.07, 6.45) is 7.62. The van der Waals surface area contributed by atoms with Gasteiger partial charge in [-0.1, -0.05) is 18.9 Å². The molecule has 1 aromatic rings. The smallest absolute Gasteiger partial charge is 0.0988 e. The fraction of sp³-hybridized carbons (Fsp3) is 0.615. The molecule has 0 aliphatic heterocycles. The van der Waals surface area contributed by atoms with E-state index >= 15 is 0 Å². The highest BCUT2D eigenvalue weighted by Crippen LogP contribution is 2.43. The van der Waals surface area contributed by atoms with Crippen molar-refractivity contribution in [3.05, 3.63) is 30.1 Å². The molecule has 3 nitrogen and oxygen atoms in total. The van der Waals surface area contributed by atoms with Crippen LogP contribution in [0.3, 0.4) is 0 Å². The number of hydrogen-bond donors (Lipinski definition) is 1. The van der Waals surface area contributed by atoms with Gasteiger partial charge in [0, 0.05) is 18.0 Å². The van der Waals surface area contributed by atoms with E-state index in [9.17, 15) is 5.11 Å². The molecule has 1 heterocycles. The first-order valence-electron chi connectivity index (χ1n) is 5.92. The molecular formula is C13H20N2O. The molecule has 0 saturated heterocycles. The predicted molar refractivity (Wildman–Crippen MR) is 64.1 cm³/mol. The standard InChI is InChI=1S/C13H20N2O/c1-15(2)13(7-3-4-8-13)12(16)11-6-5-9-14-10-11/h5-6,9-10,12,16H,3-4,7-8H2,1-2H3. The van der Waals surface area contributed by atoms with Crippen LogP contribution in [0.4, 0.5) is 0 Å². The number of aromatic nitrogens is 1. The zero-order valence-corrected chi connectivity index (χ0v) is 10.1. The SMILES string of the molecule is CN(C)C1(C(O)c2cccnc2)CCCC1. The van der Waals surface area contributed by atoms with Crippen LogP contribution in [0.5, 0.6) is 0 Å². The Bertz CT molecular complexity index is 331. The predicted octanol–water partition coefficient (Wildman–Crippen LogP) is 1.99. The van der Waals surface area contributed by atoms with Gasteiger partial charge in [0.05, 0.1) is 11.6 Å². The maximum Gasteiger partial charge on any atom is 0.0988 e. The molecule has 1 aliphatic rings. The minimum absolute atomic E-state index is 0.0942. The van der Waals surface area contributed by atoms with Crippen LogP contribution in [0.25, 0.3) is 0 Å². The molecule has 0 bridgehead atoms. The van der Waals surface area contributed by atoms with Gasteiger partial charge in [-0.3, -0.25) is 4.98 Å². The molecule has 0 spiro atoms. The van der Waals surface area contributed by atoms with E-state index < -0.39 is 6.10 Å². The molecule has 0 aromatic carbocycles. The maximum atomic E-state index is 10.6. The number of nitrogens with zero attached hydrogens (tertiary/aromatic N) is 2. The molecule has 1 atom stereocenters. The lowest BCUT2D eigenvalue weighted by atomic mass is 9.85. The van der Waals surface area contributed by atoms with E-state index in [1.165, 1.54) is 12.8 Å². The molecular weight excluding hydrogens is 200 g/mol. The molecule has 1 saturated carbocycles. The Kier molecular flexibility index (Phi) is 3.26. The average Bonchev–Trinajstić information content (AvgIpc) is 2.79. The van der Waals surface area contributed by atoms with Crippen molar-refractivity contribution in [3.8, 4) is 0 Å². The van der Waals surface area contributed by atoms with E-state index in [4.69, 9.17) is 0 Å². The van der Waals surface area contributed by atoms with Crippen LogP contribution in [-0.2, 0) is 0 Å². The molecule has 1 aliphatic carbocycles. The number of aliphatic hydroxyl groups is 1. The van der Waals surface area contributed by atoms with Crippen molar-refractivity contribution in [3.63, 3.8) is 0 Å². The zero-order chi connectivity index (χ0) is 11.6. The quantitative estimate of drug-likeness (QED) is 0.846. The second-order valence-electron chi connectivity index (χ2n) is 4.89. The van der Waals surface area contributed by atoms with E-state index in [-0.39, 0.29) is 5.54 Å². The number of pyridine rings is 1. The van der Waals surface area contributed by atoms with Crippen molar-refractivity contribution < 1.29 is 5.11 Å². The van der Waals surface area contributed by atoms with Crippen LogP contribution in [0.15, 0.2) is 24.5 Å². The van der Waals surface area contributed by atoms with Crippen LogP contribution < -0.4 is 0 Å². The molecule has 0 radical (unpaired) electrons. The van der Waals surface area contributed by atoms with Crippen LogP contribution in [0, 0.1) is 0 Å². The summed E-state index contributed by atoms with van der Waals surface area (Å²) in [5, 5.41) is 10.6. The van der Waals surface area contributed by atoms with Crippen molar-refractivity contribution in [1.29, 1.82) is 0 Å². The second-order valence-corrected chi connectivity index (χ2v) is 4.89. The average molecular weight is 220 g/mol. The third kappa shape index (κ3) is 1.85. The Morgan fingerprint density at radius 2 is 2.06 bits per heavy atom. The highest BCUT2D eigenvalue weighted by Gasteiger charge is 2.43. The van der Waals surface area contributed by atoms with Crippen molar-refractivity contribution >= 4 is 0 Å². The Balaban J connectivity index is 2.28. The van der Waals surface area contributed by atoms with Gasteiger partial charge in [0.1, 0.15) is 0 Å². The largest absolute Gasteiger partial charge is 0.386 e. The summed E-state index contributed by atoms with van der Waals surface area (Å²) in [5.41, 5.74) is 0.835. The first kappa shape index (κ1) is 11.6. The molecule has 1 aromatic heterocycles. The van der Waals surface area contributed by atoms with E-state index in [2.05, 4.69) is 24.0 Å². The Labute approximate surface area is 97.1 Å². The van der Waals surface area contributed by atoms with Crippen LogP contribution in [-0.4, -0.2) is 34.6 Å². The van der Waals surface area contributed by atoms with Crippen LogP contribution >= 0.6 is 0 Å². The summed E-state index contributed by atoms with van der Waals surface area (Å²) < 4.78 is 0. The summed E-state index contributed by atoms with van der Waals surface area (Å²) in [7, 11) is 4.12. The molecule has 1 fully saturated rings. The minimum atomic E-state index is -0.432. The molecule has 1 N–H and O–H groups in total. The minimum Gasteiger partial charge on any atom is -0.386 e. The Hall–Kier alpha value is -0.930. The summed E-state index contributed by atoms with van der Waals surface area (Å²) in [4.78, 5) is 6.27. The summed E-state index contributed by atoms with van der Waals surface area (Å²) in [6.45, 7) is 0. The van der Waals surface area contributed by atoms with Gasteiger partial charge in [-0.15, -0.1) is 0 Å². The third-order valence-corrected chi connectivity index (χ3v) is 3.87. The molecule has 88 valence electrons. The van der Waals surface area contributed by atoms with Gasteiger partial charge in [0.2, 0.25) is 0 Å². The maximum absolute atomic E-state index is 10.6. The summed E-state index contributed by atoms with van der Waals surface area (Å²) >= 11 is 0. The fourth-order valence-corrected chi connectivity index (χ4v) is 2.80. The third-order valence-electron chi connectivity index (χ3n) is 3.87. The van der Waals surface area contributed by atoms with Gasteiger partial charge in [0.15, 0.2) is 0 Å². The lowest BCUT2D eigenvalue weighted by molar-refractivity contribution is -0.00493. The van der Waals surface area contributed by atoms with Crippen LogP contribution in [0.2, 0.25) is 0 Å². The lowest BCUT2D eigenvalue weighted by Gasteiger charge is -2.40. The Morgan fingerprint density at radius 3 is 2.56 bits per heavy atom. The molecule has 1 unspecified atom stereocenters. The number of hydrogen-bond acceptors (Lipinski definition) is 3. The van der Waals surface area contributed by atoms with Gasteiger partial charge >= 0.3 is 0 Å². The van der Waals surface area contributed by atoms with Gasteiger partial charge in [-0.2, -0.15) is 0 Å². The van der Waals surface area contributed by atoms with E-state index in [0.717, 1.165) is 18.4 Å². The first-order chi connectivity index (χ1) is 7.67. The monoisotopic (exact) mass is 220 g/mol. The van der Waals surface area contributed by atoms with Crippen molar-refractivity contribution in [2.45, 2.75) is 37.3 Å². The van der Waals surface area contributed by atoms with Gasteiger partial charge in [0.25, 0.3) is 0 Å². The molecule has 3 heteroatoms. The Morgan fingerprint density at radius 1 is 1.38 bits per heavy atom. The number of rotatable bonds is 3. The molecule has 2 rings (SSSR count). The summed E-state index contributed by atoms with van der Waals surface area (Å²) in [5.74, 6) is 0. The van der Waals surface area contributed by atoms with Gasteiger partial charge in [-0.25, -0.2) is 0 Å². The van der Waals surface area contributed by atoms with Crippen molar-refractivity contribution in [2.24, 2.45) is 0 Å². The van der Waals surface area contributed by atoms with E-state index in [0.29, 0.717) is 0 Å². The van der Waals surface area contributed by atoms with E-state index in [1.54, 1.807) is 12.4 Å². The topological polar surface area (TPSA) is 36.4 Å². The van der Waals surface area contributed by atoms with E-state index in [1.807, 2.05) is 12.1 Å². The zero-order valence-electron chi connectivity index (χ0n) is 10.1. The second kappa shape index (κ2) is 4.52.